The van der Waals surface area contributed by atoms with Gasteiger partial charge in [0.25, 0.3) is 0 Å². The molecule has 3 heteroatoms. The van der Waals surface area contributed by atoms with Crippen LogP contribution in [0, 0.1) is 0 Å². The van der Waals surface area contributed by atoms with E-state index in [1.54, 1.807) is 0 Å². The molecule has 0 saturated heterocycles. The summed E-state index contributed by atoms with van der Waals surface area (Å²) in [5, 5.41) is 4.22. The summed E-state index contributed by atoms with van der Waals surface area (Å²) < 4.78 is 2.82. The minimum atomic E-state index is 0.0893. The van der Waals surface area contributed by atoms with E-state index in [2.05, 4.69) is 41.8 Å². The molecule has 1 aromatic rings. The Hall–Kier alpha value is -0.310. The van der Waals surface area contributed by atoms with Crippen molar-refractivity contribution in [3.63, 3.8) is 0 Å². The van der Waals surface area contributed by atoms with Crippen LogP contribution >= 0.6 is 15.9 Å². The Morgan fingerprint density at radius 1 is 1.50 bits per heavy atom. The summed E-state index contributed by atoms with van der Waals surface area (Å²) in [6.07, 6.45) is 1.96. The predicted molar refractivity (Wildman–Crippen MR) is 44.9 cm³/mol. The zero-order chi connectivity index (χ0) is 7.78. The SMILES string of the molecule is CC(C)(C)n1ccc(Br)n1. The molecule has 1 aromatic heterocycles. The first-order chi connectivity index (χ1) is 4.50. The molecule has 0 fully saturated rings. The third-order valence-corrected chi connectivity index (χ3v) is 1.67. The highest BCUT2D eigenvalue weighted by Gasteiger charge is 2.12. The van der Waals surface area contributed by atoms with Gasteiger partial charge in [0, 0.05) is 6.20 Å². The van der Waals surface area contributed by atoms with Crippen LogP contribution in [-0.4, -0.2) is 9.78 Å². The number of hydrogen-bond acceptors (Lipinski definition) is 1. The van der Waals surface area contributed by atoms with Gasteiger partial charge in [0.1, 0.15) is 4.60 Å². The van der Waals surface area contributed by atoms with Crippen molar-refractivity contribution >= 4 is 15.9 Å². The van der Waals surface area contributed by atoms with Gasteiger partial charge in [0.15, 0.2) is 0 Å². The van der Waals surface area contributed by atoms with Crippen molar-refractivity contribution in [1.29, 1.82) is 0 Å². The maximum Gasteiger partial charge on any atom is 0.128 e. The second kappa shape index (κ2) is 2.38. The van der Waals surface area contributed by atoms with E-state index in [9.17, 15) is 0 Å². The van der Waals surface area contributed by atoms with Crippen molar-refractivity contribution in [3.05, 3.63) is 16.9 Å². The molecular weight excluding hydrogens is 192 g/mol. The van der Waals surface area contributed by atoms with E-state index < -0.39 is 0 Å². The molecule has 0 aliphatic rings. The summed E-state index contributed by atoms with van der Waals surface area (Å²) in [6, 6.07) is 1.94. The van der Waals surface area contributed by atoms with E-state index in [0.717, 1.165) is 4.60 Å². The molecule has 0 radical (unpaired) electrons. The topological polar surface area (TPSA) is 17.8 Å². The lowest BCUT2D eigenvalue weighted by molar-refractivity contribution is 0.354. The van der Waals surface area contributed by atoms with Crippen molar-refractivity contribution in [2.24, 2.45) is 0 Å². The van der Waals surface area contributed by atoms with E-state index >= 15 is 0 Å². The van der Waals surface area contributed by atoms with Crippen molar-refractivity contribution in [1.82, 2.24) is 9.78 Å². The molecule has 2 nitrogen and oxygen atoms in total. The van der Waals surface area contributed by atoms with Gasteiger partial charge in [-0.05, 0) is 42.8 Å². The standard InChI is InChI=1S/C7H11BrN2/c1-7(2,3)10-5-4-6(8)9-10/h4-5H,1-3H3. The van der Waals surface area contributed by atoms with Crippen LogP contribution in [0.25, 0.3) is 0 Å². The highest BCUT2D eigenvalue weighted by molar-refractivity contribution is 9.10. The Labute approximate surface area is 69.4 Å². The van der Waals surface area contributed by atoms with Crippen LogP contribution in [0.1, 0.15) is 20.8 Å². The molecule has 1 rings (SSSR count). The fourth-order valence-electron chi connectivity index (χ4n) is 0.675. The molecule has 1 heterocycles. The van der Waals surface area contributed by atoms with Gasteiger partial charge in [0.05, 0.1) is 5.54 Å². The van der Waals surface area contributed by atoms with Gasteiger partial charge in [-0.3, -0.25) is 4.68 Å². The number of hydrogen-bond donors (Lipinski definition) is 0. The molecule has 0 bridgehead atoms. The van der Waals surface area contributed by atoms with Crippen LogP contribution in [-0.2, 0) is 5.54 Å². The second-order valence-electron chi connectivity index (χ2n) is 3.25. The van der Waals surface area contributed by atoms with Gasteiger partial charge < -0.3 is 0 Å². The molecule has 56 valence electrons. The van der Waals surface area contributed by atoms with Crippen LogP contribution < -0.4 is 0 Å². The van der Waals surface area contributed by atoms with E-state index in [4.69, 9.17) is 0 Å². The zero-order valence-corrected chi connectivity index (χ0v) is 8.01. The molecule has 0 aromatic carbocycles. The van der Waals surface area contributed by atoms with Crippen LogP contribution in [0.2, 0.25) is 0 Å². The average molecular weight is 203 g/mol. The smallest absolute Gasteiger partial charge is 0.128 e. The van der Waals surface area contributed by atoms with Crippen LogP contribution in [0.3, 0.4) is 0 Å². The minimum Gasteiger partial charge on any atom is -0.266 e. The predicted octanol–water partition coefficient (Wildman–Crippen LogP) is 2.40. The lowest BCUT2D eigenvalue weighted by atomic mass is 10.1. The van der Waals surface area contributed by atoms with E-state index in [-0.39, 0.29) is 5.54 Å². The van der Waals surface area contributed by atoms with Crippen LogP contribution in [0.5, 0.6) is 0 Å². The lowest BCUT2D eigenvalue weighted by Crippen LogP contribution is -2.21. The molecule has 0 unspecified atom stereocenters. The monoisotopic (exact) mass is 202 g/mol. The highest BCUT2D eigenvalue weighted by atomic mass is 79.9. The molecule has 0 atom stereocenters. The molecule has 0 spiro atoms. The summed E-state index contributed by atoms with van der Waals surface area (Å²) in [5.41, 5.74) is 0.0893. The van der Waals surface area contributed by atoms with Gasteiger partial charge in [-0.1, -0.05) is 0 Å². The highest BCUT2D eigenvalue weighted by Crippen LogP contribution is 2.14. The largest absolute Gasteiger partial charge is 0.266 e. The fourth-order valence-corrected chi connectivity index (χ4v) is 0.964. The number of nitrogens with zero attached hydrogens (tertiary/aromatic N) is 2. The van der Waals surface area contributed by atoms with Gasteiger partial charge in [-0.25, -0.2) is 0 Å². The Morgan fingerprint density at radius 3 is 2.30 bits per heavy atom. The summed E-state index contributed by atoms with van der Waals surface area (Å²) in [7, 11) is 0. The van der Waals surface area contributed by atoms with Crippen molar-refractivity contribution < 1.29 is 0 Å². The fraction of sp³-hybridized carbons (Fsp3) is 0.571. The minimum absolute atomic E-state index is 0.0893. The van der Waals surface area contributed by atoms with Gasteiger partial charge in [-0.2, -0.15) is 5.10 Å². The van der Waals surface area contributed by atoms with Crippen LogP contribution in [0.4, 0.5) is 0 Å². The Kier molecular flexibility index (Phi) is 1.86. The Morgan fingerprint density at radius 2 is 2.10 bits per heavy atom. The molecule has 10 heavy (non-hydrogen) atoms. The molecule has 0 N–H and O–H groups in total. The van der Waals surface area contributed by atoms with Gasteiger partial charge in [0.2, 0.25) is 0 Å². The summed E-state index contributed by atoms with van der Waals surface area (Å²) >= 11 is 3.29. The van der Waals surface area contributed by atoms with Crippen molar-refractivity contribution in [2.45, 2.75) is 26.3 Å². The second-order valence-corrected chi connectivity index (χ2v) is 4.07. The first kappa shape index (κ1) is 7.79. The molecule has 0 amide bonds. The summed E-state index contributed by atoms with van der Waals surface area (Å²) in [5.74, 6) is 0. The van der Waals surface area contributed by atoms with E-state index in [1.165, 1.54) is 0 Å². The number of halogens is 1. The zero-order valence-electron chi connectivity index (χ0n) is 6.43. The van der Waals surface area contributed by atoms with E-state index in [1.807, 2.05) is 16.9 Å². The van der Waals surface area contributed by atoms with E-state index in [0.29, 0.717) is 0 Å². The lowest BCUT2D eigenvalue weighted by Gasteiger charge is -2.18. The molecule has 0 aliphatic heterocycles. The summed E-state index contributed by atoms with van der Waals surface area (Å²) in [6.45, 7) is 6.35. The molecule has 0 saturated carbocycles. The van der Waals surface area contributed by atoms with Gasteiger partial charge in [-0.15, -0.1) is 0 Å². The molecular formula is C7H11BrN2. The third kappa shape index (κ3) is 1.59. The maximum atomic E-state index is 4.22. The Balaban J connectivity index is 2.96. The molecule has 0 aliphatic carbocycles. The average Bonchev–Trinajstić information content (AvgIpc) is 2.11. The maximum absolute atomic E-state index is 4.22. The van der Waals surface area contributed by atoms with Crippen molar-refractivity contribution in [2.75, 3.05) is 0 Å². The number of rotatable bonds is 0. The summed E-state index contributed by atoms with van der Waals surface area (Å²) in [4.78, 5) is 0. The quantitative estimate of drug-likeness (QED) is 0.633. The van der Waals surface area contributed by atoms with Crippen molar-refractivity contribution in [3.8, 4) is 0 Å². The number of aromatic nitrogens is 2. The Bertz CT molecular complexity index is 222. The van der Waals surface area contributed by atoms with Crippen LogP contribution in [0.15, 0.2) is 16.9 Å². The van der Waals surface area contributed by atoms with Gasteiger partial charge >= 0.3 is 0 Å². The first-order valence-electron chi connectivity index (χ1n) is 3.22. The third-order valence-electron chi connectivity index (χ3n) is 1.24. The normalized spacial score (nSPS) is 12.0. The first-order valence-corrected chi connectivity index (χ1v) is 4.01.